The second-order valence-corrected chi connectivity index (χ2v) is 5.73. The van der Waals surface area contributed by atoms with E-state index in [0.717, 1.165) is 17.9 Å². The second kappa shape index (κ2) is 7.32. The Labute approximate surface area is 132 Å². The maximum absolute atomic E-state index is 6.08. The highest BCUT2D eigenvalue weighted by atomic mass is 16.5. The van der Waals surface area contributed by atoms with Crippen LogP contribution in [0.1, 0.15) is 24.8 Å². The zero-order valence-corrected chi connectivity index (χ0v) is 13.0. The van der Waals surface area contributed by atoms with Crippen LogP contribution in [0.5, 0.6) is 11.5 Å². The number of ether oxygens (including phenoxy) is 2. The van der Waals surface area contributed by atoms with Crippen LogP contribution in [0.25, 0.3) is 0 Å². The van der Waals surface area contributed by atoms with Crippen molar-refractivity contribution in [1.29, 1.82) is 0 Å². The number of rotatable bonds is 6. The molecule has 0 radical (unpaired) electrons. The molecule has 3 nitrogen and oxygen atoms in total. The van der Waals surface area contributed by atoms with E-state index >= 15 is 0 Å². The summed E-state index contributed by atoms with van der Waals surface area (Å²) in [6.07, 6.45) is 3.83. The van der Waals surface area contributed by atoms with E-state index in [0.29, 0.717) is 12.6 Å². The summed E-state index contributed by atoms with van der Waals surface area (Å²) >= 11 is 0. The van der Waals surface area contributed by atoms with Crippen molar-refractivity contribution >= 4 is 0 Å². The lowest BCUT2D eigenvalue weighted by atomic mass is 10.2. The lowest BCUT2D eigenvalue weighted by Gasteiger charge is -2.20. The average Bonchev–Trinajstić information content (AvgIpc) is 3.02. The summed E-state index contributed by atoms with van der Waals surface area (Å²) in [6.45, 7) is 0.589. The van der Waals surface area contributed by atoms with Gasteiger partial charge in [-0.2, -0.15) is 0 Å². The van der Waals surface area contributed by atoms with Gasteiger partial charge in [-0.15, -0.1) is 0 Å². The summed E-state index contributed by atoms with van der Waals surface area (Å²) in [5.41, 5.74) is 1.17. The maximum Gasteiger partial charge on any atom is 0.120 e. The molecule has 1 fully saturated rings. The molecule has 0 unspecified atom stereocenters. The minimum atomic E-state index is 0.279. The first-order valence-corrected chi connectivity index (χ1v) is 7.96. The zero-order valence-electron chi connectivity index (χ0n) is 13.0. The Morgan fingerprint density at radius 1 is 0.955 bits per heavy atom. The molecule has 0 spiro atoms. The zero-order chi connectivity index (χ0) is 15.2. The van der Waals surface area contributed by atoms with E-state index in [9.17, 15) is 0 Å². The monoisotopic (exact) mass is 297 g/mol. The Hall–Kier alpha value is -2.00. The van der Waals surface area contributed by atoms with Gasteiger partial charge in [0.2, 0.25) is 0 Å². The minimum absolute atomic E-state index is 0.279. The van der Waals surface area contributed by atoms with E-state index in [2.05, 4.69) is 17.4 Å². The molecule has 0 aliphatic heterocycles. The Kier molecular flexibility index (Phi) is 4.96. The van der Waals surface area contributed by atoms with E-state index in [1.165, 1.54) is 18.4 Å². The fraction of sp³-hybridized carbons (Fsp3) is 0.368. The van der Waals surface area contributed by atoms with Gasteiger partial charge in [-0.3, -0.25) is 0 Å². The van der Waals surface area contributed by atoms with Gasteiger partial charge in [-0.25, -0.2) is 0 Å². The Morgan fingerprint density at radius 2 is 1.68 bits per heavy atom. The SMILES string of the molecule is CN[C@H]1CCC[C@@H]1Oc1ccc(OCc2ccccc2)cc1. The second-order valence-electron chi connectivity index (χ2n) is 5.73. The van der Waals surface area contributed by atoms with Crippen LogP contribution in [0, 0.1) is 0 Å². The molecule has 1 saturated carbocycles. The average molecular weight is 297 g/mol. The molecular formula is C19H23NO2. The van der Waals surface area contributed by atoms with E-state index < -0.39 is 0 Å². The molecule has 0 amide bonds. The van der Waals surface area contributed by atoms with Crippen LogP contribution in [0.3, 0.4) is 0 Å². The first-order chi connectivity index (χ1) is 10.8. The van der Waals surface area contributed by atoms with Gasteiger partial charge in [0.15, 0.2) is 0 Å². The number of hydrogen-bond donors (Lipinski definition) is 1. The van der Waals surface area contributed by atoms with Crippen LogP contribution in [0.15, 0.2) is 54.6 Å². The van der Waals surface area contributed by atoms with Gasteiger partial charge >= 0.3 is 0 Å². The van der Waals surface area contributed by atoms with Crippen molar-refractivity contribution < 1.29 is 9.47 Å². The molecule has 1 aliphatic rings. The smallest absolute Gasteiger partial charge is 0.120 e. The van der Waals surface area contributed by atoms with Crippen LogP contribution in [0.2, 0.25) is 0 Å². The van der Waals surface area contributed by atoms with E-state index in [1.807, 2.05) is 49.5 Å². The fourth-order valence-electron chi connectivity index (χ4n) is 2.93. The number of hydrogen-bond acceptors (Lipinski definition) is 3. The molecule has 116 valence electrons. The third-order valence-corrected chi connectivity index (χ3v) is 4.18. The van der Waals surface area contributed by atoms with Gasteiger partial charge in [0, 0.05) is 6.04 Å². The Balaban J connectivity index is 1.54. The van der Waals surface area contributed by atoms with Crippen LogP contribution in [-0.4, -0.2) is 19.2 Å². The molecule has 0 bridgehead atoms. The van der Waals surface area contributed by atoms with Crippen LogP contribution < -0.4 is 14.8 Å². The summed E-state index contributed by atoms with van der Waals surface area (Å²) < 4.78 is 11.9. The number of likely N-dealkylation sites (N-methyl/N-ethyl adjacent to an activating group) is 1. The normalized spacial score (nSPS) is 20.8. The van der Waals surface area contributed by atoms with Crippen LogP contribution >= 0.6 is 0 Å². The molecule has 2 aromatic rings. The van der Waals surface area contributed by atoms with E-state index in [-0.39, 0.29) is 6.10 Å². The van der Waals surface area contributed by atoms with Crippen molar-refractivity contribution in [2.45, 2.75) is 38.0 Å². The van der Waals surface area contributed by atoms with Crippen molar-refractivity contribution in [3.05, 3.63) is 60.2 Å². The lowest BCUT2D eigenvalue weighted by Crippen LogP contribution is -2.36. The standard InChI is InChI=1S/C19H23NO2/c1-20-18-8-5-9-19(18)22-17-12-10-16(11-13-17)21-14-15-6-3-2-4-7-15/h2-4,6-7,10-13,18-20H,5,8-9,14H2,1H3/t18-,19-/m0/s1. The van der Waals surface area contributed by atoms with E-state index in [4.69, 9.17) is 9.47 Å². The van der Waals surface area contributed by atoms with Crippen molar-refractivity contribution in [2.75, 3.05) is 7.05 Å². The molecule has 1 N–H and O–H groups in total. The first kappa shape index (κ1) is 14.9. The molecule has 3 heteroatoms. The summed E-state index contributed by atoms with van der Waals surface area (Å²) in [7, 11) is 2.01. The summed E-state index contributed by atoms with van der Waals surface area (Å²) in [6, 6.07) is 18.6. The fourth-order valence-corrected chi connectivity index (χ4v) is 2.93. The molecule has 3 rings (SSSR count). The highest BCUT2D eigenvalue weighted by molar-refractivity contribution is 5.32. The molecule has 2 aromatic carbocycles. The summed E-state index contributed by atoms with van der Waals surface area (Å²) in [5, 5.41) is 3.33. The highest BCUT2D eigenvalue weighted by Gasteiger charge is 2.27. The minimum Gasteiger partial charge on any atom is -0.489 e. The van der Waals surface area contributed by atoms with Crippen molar-refractivity contribution in [1.82, 2.24) is 5.32 Å². The quantitative estimate of drug-likeness (QED) is 0.880. The molecule has 22 heavy (non-hydrogen) atoms. The molecule has 0 heterocycles. The summed E-state index contributed by atoms with van der Waals surface area (Å²) in [4.78, 5) is 0. The van der Waals surface area contributed by atoms with Crippen molar-refractivity contribution in [3.8, 4) is 11.5 Å². The molecular weight excluding hydrogens is 274 g/mol. The number of benzene rings is 2. The Morgan fingerprint density at radius 3 is 2.41 bits per heavy atom. The van der Waals surface area contributed by atoms with Gasteiger partial charge in [0.1, 0.15) is 24.2 Å². The van der Waals surface area contributed by atoms with Gasteiger partial charge in [0.25, 0.3) is 0 Å². The molecule has 0 aromatic heterocycles. The van der Waals surface area contributed by atoms with E-state index in [1.54, 1.807) is 0 Å². The van der Waals surface area contributed by atoms with Gasteiger partial charge < -0.3 is 14.8 Å². The van der Waals surface area contributed by atoms with Gasteiger partial charge in [0.05, 0.1) is 0 Å². The van der Waals surface area contributed by atoms with Crippen LogP contribution in [-0.2, 0) is 6.61 Å². The number of nitrogens with one attached hydrogen (secondary N) is 1. The van der Waals surface area contributed by atoms with Crippen LogP contribution in [0.4, 0.5) is 0 Å². The summed E-state index contributed by atoms with van der Waals surface area (Å²) in [5.74, 6) is 1.78. The molecule has 2 atom stereocenters. The lowest BCUT2D eigenvalue weighted by molar-refractivity contribution is 0.178. The van der Waals surface area contributed by atoms with Gasteiger partial charge in [-0.05, 0) is 56.1 Å². The molecule has 0 saturated heterocycles. The third-order valence-electron chi connectivity index (χ3n) is 4.18. The first-order valence-electron chi connectivity index (χ1n) is 7.96. The molecule has 1 aliphatic carbocycles. The maximum atomic E-state index is 6.08. The largest absolute Gasteiger partial charge is 0.489 e. The topological polar surface area (TPSA) is 30.5 Å². The predicted molar refractivity (Wildman–Crippen MR) is 88.3 cm³/mol. The highest BCUT2D eigenvalue weighted by Crippen LogP contribution is 2.26. The van der Waals surface area contributed by atoms with Crippen molar-refractivity contribution in [3.63, 3.8) is 0 Å². The Bertz CT molecular complexity index is 568. The third kappa shape index (κ3) is 3.80. The van der Waals surface area contributed by atoms with Gasteiger partial charge in [-0.1, -0.05) is 30.3 Å². The van der Waals surface area contributed by atoms with Crippen molar-refractivity contribution in [2.24, 2.45) is 0 Å². The predicted octanol–water partition coefficient (Wildman–Crippen LogP) is 3.78.